The van der Waals surface area contributed by atoms with E-state index in [2.05, 4.69) is 0 Å². The van der Waals surface area contributed by atoms with Crippen molar-refractivity contribution in [3.05, 3.63) is 0 Å². The molecule has 0 aliphatic heterocycles. The first-order valence-electron chi connectivity index (χ1n) is 1.72. The summed E-state index contributed by atoms with van der Waals surface area (Å²) in [6.45, 7) is 5.23. The van der Waals surface area contributed by atoms with Crippen LogP contribution in [-0.4, -0.2) is 10.7 Å². The Balaban J connectivity index is -0.0000000800. The Morgan fingerprint density at radius 2 is 1.14 bits per heavy atom. The predicted octanol–water partition coefficient (Wildman–Crippen LogP) is -1.84. The molecule has 0 aromatic heterocycles. The third-order valence-corrected chi connectivity index (χ3v) is 0. The molecule has 3 heteroatoms. The van der Waals surface area contributed by atoms with Gasteiger partial charge < -0.3 is 23.7 Å². The lowest BCUT2D eigenvalue weighted by Gasteiger charge is -2.04. The SMILES string of the molecule is CC(C)(C)O.[Cl-].[NH4+]. The molecule has 0 spiro atoms. The van der Waals surface area contributed by atoms with Crippen molar-refractivity contribution >= 4 is 0 Å². The Morgan fingerprint density at radius 1 is 1.14 bits per heavy atom. The van der Waals surface area contributed by atoms with Crippen molar-refractivity contribution in [2.75, 3.05) is 0 Å². The Hall–Kier alpha value is 0.210. The molecule has 0 aromatic rings. The van der Waals surface area contributed by atoms with Gasteiger partial charge >= 0.3 is 0 Å². The van der Waals surface area contributed by atoms with Gasteiger partial charge in [-0.1, -0.05) is 0 Å². The lowest BCUT2D eigenvalue weighted by atomic mass is 10.2. The van der Waals surface area contributed by atoms with E-state index < -0.39 is 5.60 Å². The van der Waals surface area contributed by atoms with Crippen molar-refractivity contribution < 1.29 is 17.5 Å². The molecular weight excluding hydrogens is 114 g/mol. The van der Waals surface area contributed by atoms with Crippen molar-refractivity contribution in [3.8, 4) is 0 Å². The van der Waals surface area contributed by atoms with Crippen molar-refractivity contribution in [1.82, 2.24) is 6.15 Å². The summed E-state index contributed by atoms with van der Waals surface area (Å²) in [5.41, 5.74) is -0.500. The lowest BCUT2D eigenvalue weighted by Crippen LogP contribution is -3.00. The van der Waals surface area contributed by atoms with Gasteiger partial charge in [-0.15, -0.1) is 0 Å². The first-order valence-corrected chi connectivity index (χ1v) is 1.72. The first-order chi connectivity index (χ1) is 2.00. The highest BCUT2D eigenvalue weighted by atomic mass is 35.5. The van der Waals surface area contributed by atoms with Crippen LogP contribution in [0.15, 0.2) is 0 Å². The van der Waals surface area contributed by atoms with E-state index in [1.165, 1.54) is 0 Å². The van der Waals surface area contributed by atoms with Gasteiger partial charge in [0.2, 0.25) is 0 Å². The molecule has 2 nitrogen and oxygen atoms in total. The van der Waals surface area contributed by atoms with E-state index in [4.69, 9.17) is 5.11 Å². The van der Waals surface area contributed by atoms with Crippen LogP contribution in [0, 0.1) is 0 Å². The molecule has 0 radical (unpaired) electrons. The molecule has 0 bridgehead atoms. The quantitative estimate of drug-likeness (QED) is 0.395. The van der Waals surface area contributed by atoms with E-state index in [1.54, 1.807) is 20.8 Å². The minimum Gasteiger partial charge on any atom is -1.00 e. The van der Waals surface area contributed by atoms with E-state index in [9.17, 15) is 0 Å². The fourth-order valence-corrected chi connectivity index (χ4v) is 0. The molecule has 5 N–H and O–H groups in total. The normalized spacial score (nSPS) is 8.57. The zero-order valence-corrected chi connectivity index (χ0v) is 6.08. The lowest BCUT2D eigenvalue weighted by molar-refractivity contribution is -0.00000902. The van der Waals surface area contributed by atoms with Crippen molar-refractivity contribution in [1.29, 1.82) is 0 Å². The fraction of sp³-hybridized carbons (Fsp3) is 1.00. The van der Waals surface area contributed by atoms with Gasteiger partial charge in [-0.3, -0.25) is 0 Å². The molecule has 0 aliphatic carbocycles. The highest BCUT2D eigenvalue weighted by Crippen LogP contribution is 1.93. The van der Waals surface area contributed by atoms with Gasteiger partial charge in [-0.05, 0) is 20.8 Å². The molecule has 0 aromatic carbocycles. The van der Waals surface area contributed by atoms with Gasteiger partial charge in [0, 0.05) is 0 Å². The minimum absolute atomic E-state index is 0. The van der Waals surface area contributed by atoms with Crippen LogP contribution in [0.1, 0.15) is 20.8 Å². The molecule has 0 rings (SSSR count). The first kappa shape index (κ1) is 15.7. The van der Waals surface area contributed by atoms with Gasteiger partial charge in [-0.2, -0.15) is 0 Å². The molecular formula is C4H14ClNO. The standard InChI is InChI=1S/C4H10O.ClH.H3N/c1-4(2,3)5;;/h5H,1-3H3;1H;1H3. The number of hydrogen-bond donors (Lipinski definition) is 2. The highest BCUT2D eigenvalue weighted by molar-refractivity contribution is 4.50. The minimum atomic E-state index is -0.500. The van der Waals surface area contributed by atoms with Crippen LogP contribution in [0.5, 0.6) is 0 Å². The number of quaternary nitrogens is 1. The van der Waals surface area contributed by atoms with Crippen LogP contribution in [0.3, 0.4) is 0 Å². The monoisotopic (exact) mass is 127 g/mol. The van der Waals surface area contributed by atoms with E-state index in [1.807, 2.05) is 0 Å². The van der Waals surface area contributed by atoms with Crippen LogP contribution in [0.25, 0.3) is 0 Å². The number of halogens is 1. The molecule has 0 saturated carbocycles. The molecule has 0 amide bonds. The summed E-state index contributed by atoms with van der Waals surface area (Å²) < 4.78 is 0. The number of hydrogen-bond acceptors (Lipinski definition) is 1. The van der Waals surface area contributed by atoms with Crippen LogP contribution < -0.4 is 18.6 Å². The summed E-state index contributed by atoms with van der Waals surface area (Å²) in [5, 5.41) is 8.52. The second kappa shape index (κ2) is 4.37. The Bertz CT molecular complexity index is 27.2. The highest BCUT2D eigenvalue weighted by Gasteiger charge is 1.97. The van der Waals surface area contributed by atoms with Crippen LogP contribution >= 0.6 is 0 Å². The predicted molar refractivity (Wildman–Crippen MR) is 28.0 cm³/mol. The molecule has 0 fully saturated rings. The average molecular weight is 128 g/mol. The maximum atomic E-state index is 8.52. The van der Waals surface area contributed by atoms with Crippen LogP contribution in [-0.2, 0) is 0 Å². The maximum absolute atomic E-state index is 8.52. The summed E-state index contributed by atoms with van der Waals surface area (Å²) >= 11 is 0. The molecule has 0 aliphatic rings. The van der Waals surface area contributed by atoms with E-state index >= 15 is 0 Å². The maximum Gasteiger partial charge on any atom is 0.0563 e. The Morgan fingerprint density at radius 3 is 1.14 bits per heavy atom. The second-order valence-electron chi connectivity index (χ2n) is 2.17. The molecule has 48 valence electrons. The topological polar surface area (TPSA) is 56.7 Å². The van der Waals surface area contributed by atoms with Crippen molar-refractivity contribution in [3.63, 3.8) is 0 Å². The van der Waals surface area contributed by atoms with Gasteiger partial charge in [0.05, 0.1) is 5.60 Å². The third kappa shape index (κ3) is 2500. The van der Waals surface area contributed by atoms with Gasteiger partial charge in [0.1, 0.15) is 0 Å². The molecule has 0 saturated heterocycles. The van der Waals surface area contributed by atoms with Gasteiger partial charge in [0.15, 0.2) is 0 Å². The third-order valence-electron chi connectivity index (χ3n) is 0. The van der Waals surface area contributed by atoms with Gasteiger partial charge in [-0.25, -0.2) is 0 Å². The zero-order valence-electron chi connectivity index (χ0n) is 5.33. The molecule has 0 atom stereocenters. The average Bonchev–Trinajstić information content (AvgIpc) is 0.722. The number of aliphatic hydroxyl groups is 1. The van der Waals surface area contributed by atoms with E-state index in [-0.39, 0.29) is 18.6 Å². The Kier molecular flexibility index (Phi) is 9.80. The number of rotatable bonds is 0. The molecule has 7 heavy (non-hydrogen) atoms. The van der Waals surface area contributed by atoms with Crippen molar-refractivity contribution in [2.45, 2.75) is 26.4 Å². The largest absolute Gasteiger partial charge is 1.00 e. The van der Waals surface area contributed by atoms with Gasteiger partial charge in [0.25, 0.3) is 0 Å². The van der Waals surface area contributed by atoms with E-state index in [0.29, 0.717) is 0 Å². The second-order valence-corrected chi connectivity index (χ2v) is 2.17. The fourth-order valence-electron chi connectivity index (χ4n) is 0. The van der Waals surface area contributed by atoms with Crippen LogP contribution in [0.2, 0.25) is 0 Å². The summed E-state index contributed by atoms with van der Waals surface area (Å²) in [6, 6.07) is 0. The zero-order chi connectivity index (χ0) is 4.50. The summed E-state index contributed by atoms with van der Waals surface area (Å²) in [5.74, 6) is 0. The smallest absolute Gasteiger partial charge is 0.0563 e. The summed E-state index contributed by atoms with van der Waals surface area (Å²) in [7, 11) is 0. The summed E-state index contributed by atoms with van der Waals surface area (Å²) in [6.07, 6.45) is 0. The molecule has 0 heterocycles. The van der Waals surface area contributed by atoms with Crippen molar-refractivity contribution in [2.24, 2.45) is 0 Å². The van der Waals surface area contributed by atoms with E-state index in [0.717, 1.165) is 0 Å². The Labute approximate surface area is 50.9 Å². The van der Waals surface area contributed by atoms with Crippen LogP contribution in [0.4, 0.5) is 0 Å². The summed E-state index contributed by atoms with van der Waals surface area (Å²) in [4.78, 5) is 0. The molecule has 0 unspecified atom stereocenters.